The number of hydrogen-bond donors (Lipinski definition) is 0. The van der Waals surface area contributed by atoms with Gasteiger partial charge in [0.25, 0.3) is 0 Å². The Kier molecular flexibility index (Phi) is 3.89. The lowest BCUT2D eigenvalue weighted by Crippen LogP contribution is -2.79. The molecular formula is C18H27N4O+. The van der Waals surface area contributed by atoms with Crippen molar-refractivity contribution in [2.75, 3.05) is 46.6 Å². The third kappa shape index (κ3) is 2.78. The van der Waals surface area contributed by atoms with E-state index in [-0.39, 0.29) is 0 Å². The van der Waals surface area contributed by atoms with Crippen molar-refractivity contribution in [1.82, 2.24) is 14.7 Å². The molecule has 6 rings (SSSR count). The Hall–Kier alpha value is -1.40. The number of rotatable bonds is 3. The van der Waals surface area contributed by atoms with Crippen molar-refractivity contribution in [2.24, 2.45) is 0 Å². The first-order valence-corrected chi connectivity index (χ1v) is 8.78. The van der Waals surface area contributed by atoms with Gasteiger partial charge in [-0.25, -0.2) is 14.7 Å². The third-order valence-corrected chi connectivity index (χ3v) is 5.01. The monoisotopic (exact) mass is 315 g/mol. The third-order valence-electron chi connectivity index (χ3n) is 5.01. The van der Waals surface area contributed by atoms with Gasteiger partial charge in [-0.3, -0.25) is 4.48 Å². The minimum absolute atomic E-state index is 1.02. The second kappa shape index (κ2) is 5.91. The molecule has 4 saturated heterocycles. The highest BCUT2D eigenvalue weighted by Gasteiger charge is 2.48. The summed E-state index contributed by atoms with van der Waals surface area (Å²) in [6.07, 6.45) is 1.03. The average Bonchev–Trinajstić information content (AvgIpc) is 2.97. The minimum atomic E-state index is 1.02. The molecule has 0 amide bonds. The summed E-state index contributed by atoms with van der Waals surface area (Å²) in [6, 6.07) is 10.5. The lowest BCUT2D eigenvalue weighted by molar-refractivity contribution is -0.980. The standard InChI is InChI=1S/C16H21N4O.C2H6/c1-2-4-16-14(3-1)7-15(21-16)5-6-20-11-17-8-18(12-20)10-19(9-17)13-20;1-2/h1-4,7H,5-6,8-13H2;1-2H3/q+1;. The van der Waals surface area contributed by atoms with Crippen LogP contribution in [-0.2, 0) is 6.42 Å². The normalized spacial score (nSPS) is 34.4. The first-order valence-electron chi connectivity index (χ1n) is 8.78. The number of quaternary nitrogens is 1. The predicted molar refractivity (Wildman–Crippen MR) is 91.1 cm³/mol. The molecule has 1 aromatic carbocycles. The molecule has 1 aromatic heterocycles. The van der Waals surface area contributed by atoms with E-state index in [1.165, 1.54) is 36.4 Å². The number of para-hydroxylation sites is 1. The van der Waals surface area contributed by atoms with E-state index in [2.05, 4.69) is 39.0 Å². The lowest BCUT2D eigenvalue weighted by Gasteiger charge is -2.60. The fourth-order valence-electron chi connectivity index (χ4n) is 4.38. The second-order valence-electron chi connectivity index (χ2n) is 6.93. The van der Waals surface area contributed by atoms with Crippen LogP contribution in [0.2, 0.25) is 0 Å². The van der Waals surface area contributed by atoms with Crippen molar-refractivity contribution < 1.29 is 8.90 Å². The van der Waals surface area contributed by atoms with Gasteiger partial charge in [-0.15, -0.1) is 0 Å². The van der Waals surface area contributed by atoms with Crippen LogP contribution in [0.3, 0.4) is 0 Å². The van der Waals surface area contributed by atoms with Gasteiger partial charge in [-0.05, 0) is 12.1 Å². The maximum Gasteiger partial charge on any atom is 0.139 e. The van der Waals surface area contributed by atoms with Crippen LogP contribution in [0.15, 0.2) is 34.7 Å². The van der Waals surface area contributed by atoms with E-state index in [1.54, 1.807) is 0 Å². The van der Waals surface area contributed by atoms with Crippen LogP contribution in [0.4, 0.5) is 0 Å². The molecule has 5 heterocycles. The SMILES string of the molecule is CC.c1ccc2oc(CC[N+]34CN5CN(CN(C5)C3)C4)cc2c1. The molecule has 5 heteroatoms. The van der Waals surface area contributed by atoms with Gasteiger partial charge in [0.1, 0.15) is 31.3 Å². The van der Waals surface area contributed by atoms with Crippen molar-refractivity contribution in [3.05, 3.63) is 36.1 Å². The maximum atomic E-state index is 5.98. The Morgan fingerprint density at radius 1 is 0.957 bits per heavy atom. The molecule has 4 aliphatic heterocycles. The summed E-state index contributed by atoms with van der Waals surface area (Å²) in [4.78, 5) is 7.69. The number of fused-ring (bicyclic) bond motifs is 1. The highest BCUT2D eigenvalue weighted by atomic mass is 16.3. The summed E-state index contributed by atoms with van der Waals surface area (Å²) < 4.78 is 7.16. The van der Waals surface area contributed by atoms with Crippen LogP contribution < -0.4 is 0 Å². The first-order chi connectivity index (χ1) is 11.3. The maximum absolute atomic E-state index is 5.98. The van der Waals surface area contributed by atoms with Crippen LogP contribution >= 0.6 is 0 Å². The molecular weight excluding hydrogens is 288 g/mol. The summed E-state index contributed by atoms with van der Waals surface area (Å²) in [7, 11) is 0. The van der Waals surface area contributed by atoms with E-state index in [9.17, 15) is 0 Å². The van der Waals surface area contributed by atoms with Crippen molar-refractivity contribution in [1.29, 1.82) is 0 Å². The molecule has 0 unspecified atom stereocenters. The van der Waals surface area contributed by atoms with Crippen LogP contribution in [0.25, 0.3) is 11.0 Å². The molecule has 0 N–H and O–H groups in total. The van der Waals surface area contributed by atoms with Crippen LogP contribution in [0.5, 0.6) is 0 Å². The van der Waals surface area contributed by atoms with Crippen molar-refractivity contribution in [3.8, 4) is 0 Å². The van der Waals surface area contributed by atoms with Crippen LogP contribution in [0, 0.1) is 0 Å². The lowest BCUT2D eigenvalue weighted by atomic mass is 10.2. The second-order valence-corrected chi connectivity index (χ2v) is 6.93. The fourth-order valence-corrected chi connectivity index (χ4v) is 4.38. The van der Waals surface area contributed by atoms with Crippen LogP contribution in [-0.4, -0.2) is 65.7 Å². The first kappa shape index (κ1) is 15.1. The van der Waals surface area contributed by atoms with E-state index in [1.807, 2.05) is 19.9 Å². The molecule has 23 heavy (non-hydrogen) atoms. The van der Waals surface area contributed by atoms with Crippen LogP contribution in [0.1, 0.15) is 19.6 Å². The molecule has 2 aromatic rings. The zero-order valence-electron chi connectivity index (χ0n) is 14.2. The van der Waals surface area contributed by atoms with Gasteiger partial charge in [-0.2, -0.15) is 0 Å². The number of hydrogen-bond acceptors (Lipinski definition) is 4. The molecule has 4 aliphatic rings. The topological polar surface area (TPSA) is 22.9 Å². The van der Waals surface area contributed by atoms with Gasteiger partial charge >= 0.3 is 0 Å². The highest BCUT2D eigenvalue weighted by molar-refractivity contribution is 5.77. The van der Waals surface area contributed by atoms with Gasteiger partial charge in [0.15, 0.2) is 0 Å². The highest BCUT2D eigenvalue weighted by Crippen LogP contribution is 2.29. The molecule has 0 radical (unpaired) electrons. The smallest absolute Gasteiger partial charge is 0.139 e. The number of furan rings is 1. The molecule has 4 fully saturated rings. The number of benzene rings is 1. The molecule has 124 valence electrons. The van der Waals surface area contributed by atoms with Crippen molar-refractivity contribution >= 4 is 11.0 Å². The van der Waals surface area contributed by atoms with E-state index >= 15 is 0 Å². The Balaban J connectivity index is 0.000000652. The van der Waals surface area contributed by atoms with E-state index in [0.717, 1.165) is 37.8 Å². The van der Waals surface area contributed by atoms with E-state index in [0.29, 0.717) is 0 Å². The quantitative estimate of drug-likeness (QED) is 0.812. The molecule has 0 spiro atoms. The summed E-state index contributed by atoms with van der Waals surface area (Å²) in [5.74, 6) is 1.13. The van der Waals surface area contributed by atoms with Gasteiger partial charge < -0.3 is 4.42 Å². The Morgan fingerprint density at radius 2 is 1.57 bits per heavy atom. The van der Waals surface area contributed by atoms with Crippen molar-refractivity contribution in [3.63, 3.8) is 0 Å². The van der Waals surface area contributed by atoms with Gasteiger partial charge in [0, 0.05) is 5.39 Å². The summed E-state index contributed by atoms with van der Waals surface area (Å²) in [5.41, 5.74) is 1.02. The predicted octanol–water partition coefficient (Wildman–Crippen LogP) is 2.51. The number of nitrogens with zero attached hydrogens (tertiary/aromatic N) is 4. The minimum Gasteiger partial charge on any atom is -0.461 e. The molecule has 0 aliphatic carbocycles. The average molecular weight is 315 g/mol. The van der Waals surface area contributed by atoms with E-state index < -0.39 is 0 Å². The Bertz CT molecular complexity index is 612. The Labute approximate surface area is 138 Å². The zero-order chi connectivity index (χ0) is 15.9. The zero-order valence-corrected chi connectivity index (χ0v) is 14.2. The summed E-state index contributed by atoms with van der Waals surface area (Å²) in [5, 5.41) is 1.22. The summed E-state index contributed by atoms with van der Waals surface area (Å²) in [6.45, 7) is 12.2. The molecule has 0 saturated carbocycles. The Morgan fingerprint density at radius 3 is 2.17 bits per heavy atom. The molecule has 0 atom stereocenters. The van der Waals surface area contributed by atoms with Gasteiger partial charge in [0.2, 0.25) is 0 Å². The fraction of sp³-hybridized carbons (Fsp3) is 0.556. The van der Waals surface area contributed by atoms with E-state index in [4.69, 9.17) is 4.42 Å². The van der Waals surface area contributed by atoms with Gasteiger partial charge in [-0.1, -0.05) is 32.0 Å². The molecule has 5 nitrogen and oxygen atoms in total. The van der Waals surface area contributed by atoms with Crippen molar-refractivity contribution in [2.45, 2.75) is 20.3 Å². The summed E-state index contributed by atoms with van der Waals surface area (Å²) >= 11 is 0. The molecule has 4 bridgehead atoms. The van der Waals surface area contributed by atoms with Gasteiger partial charge in [0.05, 0.1) is 33.0 Å². The largest absolute Gasteiger partial charge is 0.461 e.